The fraction of sp³-hybridized carbons (Fsp3) is 0.292. The van der Waals surface area contributed by atoms with Crippen LogP contribution in [-0.4, -0.2) is 28.8 Å². The highest BCUT2D eigenvalue weighted by Crippen LogP contribution is 2.23. The molecule has 2 aromatic carbocycles. The van der Waals surface area contributed by atoms with Gasteiger partial charge in [-0.15, -0.1) is 0 Å². The van der Waals surface area contributed by atoms with Crippen LogP contribution >= 0.6 is 0 Å². The second-order valence-corrected chi connectivity index (χ2v) is 7.78. The zero-order chi connectivity index (χ0) is 20.9. The van der Waals surface area contributed by atoms with Crippen molar-refractivity contribution in [2.45, 2.75) is 26.3 Å². The first-order chi connectivity index (χ1) is 14.6. The van der Waals surface area contributed by atoms with Crippen LogP contribution in [0.25, 0.3) is 0 Å². The normalized spacial score (nSPS) is 16.3. The van der Waals surface area contributed by atoms with Crippen LogP contribution in [0.3, 0.4) is 0 Å². The van der Waals surface area contributed by atoms with Crippen LogP contribution in [0.4, 0.5) is 11.4 Å². The molecular weight excluding hydrogens is 376 g/mol. The van der Waals surface area contributed by atoms with E-state index in [-0.39, 0.29) is 17.4 Å². The molecule has 154 valence electrons. The summed E-state index contributed by atoms with van der Waals surface area (Å²) in [4.78, 5) is 27.5. The summed E-state index contributed by atoms with van der Waals surface area (Å²) >= 11 is 0. The number of benzene rings is 2. The van der Waals surface area contributed by atoms with Crippen LogP contribution in [0.15, 0.2) is 71.7 Å². The highest BCUT2D eigenvalue weighted by atomic mass is 16.2. The van der Waals surface area contributed by atoms with Gasteiger partial charge in [0.15, 0.2) is 0 Å². The van der Waals surface area contributed by atoms with Crippen molar-refractivity contribution in [3.63, 3.8) is 0 Å². The number of nitrogens with one attached hydrogen (secondary N) is 1. The summed E-state index contributed by atoms with van der Waals surface area (Å²) in [7, 11) is 0. The molecular formula is C24H26N4O2. The molecule has 0 bridgehead atoms. The fourth-order valence-electron chi connectivity index (χ4n) is 3.85. The molecule has 2 heterocycles. The van der Waals surface area contributed by atoms with Crippen molar-refractivity contribution in [2.75, 3.05) is 23.3 Å². The summed E-state index contributed by atoms with van der Waals surface area (Å²) in [5.74, 6) is -0.0931. The summed E-state index contributed by atoms with van der Waals surface area (Å²) in [5.41, 5.74) is 3.57. The van der Waals surface area contributed by atoms with Gasteiger partial charge in [0.05, 0.1) is 24.3 Å². The van der Waals surface area contributed by atoms with E-state index in [4.69, 9.17) is 0 Å². The SMILES string of the molecule is Cc1ccccc1NC(=O)[C@H]1CCCN(c2cnn(Cc3ccccc3)c(=O)c2)C1. The van der Waals surface area contributed by atoms with Crippen LogP contribution in [0.1, 0.15) is 24.0 Å². The van der Waals surface area contributed by atoms with Crippen molar-refractivity contribution in [1.82, 2.24) is 9.78 Å². The van der Waals surface area contributed by atoms with Gasteiger partial charge in [0.2, 0.25) is 5.91 Å². The molecule has 3 aromatic rings. The molecule has 1 aromatic heterocycles. The van der Waals surface area contributed by atoms with Gasteiger partial charge in [-0.25, -0.2) is 4.68 Å². The fourth-order valence-corrected chi connectivity index (χ4v) is 3.85. The number of amides is 1. The van der Waals surface area contributed by atoms with Gasteiger partial charge >= 0.3 is 0 Å². The molecule has 1 aliphatic rings. The first kappa shape index (κ1) is 19.9. The third kappa shape index (κ3) is 4.59. The lowest BCUT2D eigenvalue weighted by Crippen LogP contribution is -2.41. The van der Waals surface area contributed by atoms with Gasteiger partial charge < -0.3 is 10.2 Å². The molecule has 6 nitrogen and oxygen atoms in total. The Hall–Kier alpha value is -3.41. The highest BCUT2D eigenvalue weighted by Gasteiger charge is 2.26. The summed E-state index contributed by atoms with van der Waals surface area (Å²) < 4.78 is 1.46. The molecule has 1 amide bonds. The minimum atomic E-state index is -0.136. The number of hydrogen-bond acceptors (Lipinski definition) is 4. The predicted octanol–water partition coefficient (Wildman–Crippen LogP) is 3.46. The van der Waals surface area contributed by atoms with Crippen molar-refractivity contribution < 1.29 is 4.79 Å². The summed E-state index contributed by atoms with van der Waals surface area (Å²) in [6, 6.07) is 19.2. The first-order valence-electron chi connectivity index (χ1n) is 10.3. The summed E-state index contributed by atoms with van der Waals surface area (Å²) in [6.07, 6.45) is 3.47. The number of rotatable bonds is 5. The molecule has 0 aliphatic carbocycles. The van der Waals surface area contributed by atoms with Crippen LogP contribution in [0.2, 0.25) is 0 Å². The Bertz CT molecular complexity index is 1080. The van der Waals surface area contributed by atoms with E-state index in [9.17, 15) is 9.59 Å². The maximum Gasteiger partial charge on any atom is 0.269 e. The number of para-hydroxylation sites is 1. The minimum absolute atomic E-state index is 0.0272. The van der Waals surface area contributed by atoms with Gasteiger partial charge in [-0.1, -0.05) is 48.5 Å². The van der Waals surface area contributed by atoms with E-state index >= 15 is 0 Å². The number of aromatic nitrogens is 2. The van der Waals surface area contributed by atoms with Gasteiger partial charge in [0.25, 0.3) is 5.56 Å². The van der Waals surface area contributed by atoms with Gasteiger partial charge in [0, 0.05) is 24.8 Å². The average Bonchev–Trinajstić information content (AvgIpc) is 2.77. The monoisotopic (exact) mass is 402 g/mol. The molecule has 1 atom stereocenters. The van der Waals surface area contributed by atoms with E-state index in [0.717, 1.165) is 41.9 Å². The van der Waals surface area contributed by atoms with Crippen molar-refractivity contribution in [3.8, 4) is 0 Å². The van der Waals surface area contributed by atoms with Gasteiger partial charge in [-0.3, -0.25) is 9.59 Å². The van der Waals surface area contributed by atoms with Crippen LogP contribution < -0.4 is 15.8 Å². The summed E-state index contributed by atoms with van der Waals surface area (Å²) in [5, 5.41) is 7.41. The quantitative estimate of drug-likeness (QED) is 0.710. The lowest BCUT2D eigenvalue weighted by atomic mass is 9.96. The molecule has 1 saturated heterocycles. The average molecular weight is 402 g/mol. The topological polar surface area (TPSA) is 67.2 Å². The number of hydrogen-bond donors (Lipinski definition) is 1. The lowest BCUT2D eigenvalue weighted by Gasteiger charge is -2.33. The Balaban J connectivity index is 1.44. The van der Waals surface area contributed by atoms with Crippen LogP contribution in [0, 0.1) is 12.8 Å². The summed E-state index contributed by atoms with van der Waals surface area (Å²) in [6.45, 7) is 3.83. The molecule has 1 aliphatic heterocycles. The first-order valence-corrected chi connectivity index (χ1v) is 10.3. The number of piperidine rings is 1. The molecule has 0 radical (unpaired) electrons. The predicted molar refractivity (Wildman–Crippen MR) is 119 cm³/mol. The van der Waals surface area contributed by atoms with E-state index in [1.807, 2.05) is 61.5 Å². The van der Waals surface area contributed by atoms with E-state index in [0.29, 0.717) is 13.1 Å². The Labute approximate surface area is 176 Å². The second kappa shape index (κ2) is 8.95. The zero-order valence-corrected chi connectivity index (χ0v) is 17.1. The molecule has 1 N–H and O–H groups in total. The van der Waals surface area contributed by atoms with Crippen LogP contribution in [-0.2, 0) is 11.3 Å². The molecule has 0 saturated carbocycles. The molecule has 0 spiro atoms. The third-order valence-corrected chi connectivity index (χ3v) is 5.59. The lowest BCUT2D eigenvalue weighted by molar-refractivity contribution is -0.120. The molecule has 6 heteroatoms. The minimum Gasteiger partial charge on any atom is -0.369 e. The molecule has 1 fully saturated rings. The highest BCUT2D eigenvalue weighted by molar-refractivity contribution is 5.93. The smallest absolute Gasteiger partial charge is 0.269 e. The Morgan fingerprint density at radius 1 is 1.13 bits per heavy atom. The van der Waals surface area contributed by atoms with Gasteiger partial charge in [-0.05, 0) is 37.0 Å². The number of carbonyl (C=O) groups excluding carboxylic acids is 1. The molecule has 4 rings (SSSR count). The Morgan fingerprint density at radius 2 is 1.90 bits per heavy atom. The van der Waals surface area contributed by atoms with E-state index < -0.39 is 0 Å². The maximum absolute atomic E-state index is 12.8. The molecule has 30 heavy (non-hydrogen) atoms. The Morgan fingerprint density at radius 3 is 2.67 bits per heavy atom. The van der Waals surface area contributed by atoms with Crippen LogP contribution in [0.5, 0.6) is 0 Å². The standard InChI is InChI=1S/C24H26N4O2/c1-18-8-5-6-12-22(18)26-24(30)20-11-7-13-27(17-20)21-14-23(29)28(25-15-21)16-19-9-3-2-4-10-19/h2-6,8-10,12,14-15,20H,7,11,13,16-17H2,1H3,(H,26,30)/t20-/m0/s1. The Kier molecular flexibility index (Phi) is 5.93. The van der Waals surface area contributed by atoms with Crippen molar-refractivity contribution in [3.05, 3.63) is 88.3 Å². The number of aryl methyl sites for hydroxylation is 1. The second-order valence-electron chi connectivity index (χ2n) is 7.78. The number of carbonyl (C=O) groups is 1. The van der Waals surface area contributed by atoms with E-state index in [1.165, 1.54) is 4.68 Å². The zero-order valence-electron chi connectivity index (χ0n) is 17.1. The van der Waals surface area contributed by atoms with Gasteiger partial charge in [0.1, 0.15) is 0 Å². The number of nitrogens with zero attached hydrogens (tertiary/aromatic N) is 3. The maximum atomic E-state index is 12.8. The number of anilines is 2. The van der Waals surface area contributed by atoms with Gasteiger partial charge in [-0.2, -0.15) is 5.10 Å². The largest absolute Gasteiger partial charge is 0.369 e. The third-order valence-electron chi connectivity index (χ3n) is 5.59. The van der Waals surface area contributed by atoms with E-state index in [1.54, 1.807) is 12.3 Å². The van der Waals surface area contributed by atoms with Crippen molar-refractivity contribution in [1.29, 1.82) is 0 Å². The van der Waals surface area contributed by atoms with Crippen molar-refractivity contribution >= 4 is 17.3 Å². The van der Waals surface area contributed by atoms with Crippen molar-refractivity contribution in [2.24, 2.45) is 5.92 Å². The van der Waals surface area contributed by atoms with E-state index in [2.05, 4.69) is 15.3 Å². The molecule has 0 unspecified atom stereocenters.